The summed E-state index contributed by atoms with van der Waals surface area (Å²) in [4.78, 5) is 1.40. The van der Waals surface area contributed by atoms with Crippen LogP contribution < -0.4 is 5.32 Å². The van der Waals surface area contributed by atoms with Gasteiger partial charge in [-0.1, -0.05) is 64.2 Å². The van der Waals surface area contributed by atoms with Gasteiger partial charge in [0.15, 0.2) is 0 Å². The maximum atomic E-state index is 3.69. The maximum absolute atomic E-state index is 3.69. The molecular weight excluding hydrogens is 274 g/mol. The van der Waals surface area contributed by atoms with E-state index in [1.807, 2.05) is 11.8 Å². The Labute approximate surface area is 136 Å². The van der Waals surface area contributed by atoms with E-state index >= 15 is 0 Å². The van der Waals surface area contributed by atoms with Crippen LogP contribution >= 0.6 is 11.8 Å². The number of rotatable bonds is 11. The molecule has 0 saturated carbocycles. The fourth-order valence-electron chi connectivity index (χ4n) is 2.78. The highest BCUT2D eigenvalue weighted by Gasteiger charge is 2.14. The summed E-state index contributed by atoms with van der Waals surface area (Å²) in [5, 5.41) is 3.69. The molecule has 1 rings (SSSR count). The Balaban J connectivity index is 2.48. The van der Waals surface area contributed by atoms with Crippen molar-refractivity contribution in [2.45, 2.75) is 70.7 Å². The van der Waals surface area contributed by atoms with Crippen molar-refractivity contribution in [2.75, 3.05) is 12.3 Å². The molecule has 0 bridgehead atoms. The molecular formula is C19H33NS. The number of aryl methyl sites for hydroxylation is 1. The predicted molar refractivity (Wildman–Crippen MR) is 97.3 cm³/mol. The minimum Gasteiger partial charge on any atom is -0.313 e. The van der Waals surface area contributed by atoms with Gasteiger partial charge in [0.1, 0.15) is 0 Å². The van der Waals surface area contributed by atoms with E-state index < -0.39 is 0 Å². The van der Waals surface area contributed by atoms with Gasteiger partial charge in [-0.05, 0) is 37.9 Å². The molecule has 0 heterocycles. The van der Waals surface area contributed by atoms with E-state index in [0.717, 1.165) is 12.5 Å². The van der Waals surface area contributed by atoms with Gasteiger partial charge in [0.2, 0.25) is 0 Å². The van der Waals surface area contributed by atoms with Crippen LogP contribution in [0.2, 0.25) is 0 Å². The molecule has 1 aromatic carbocycles. The Morgan fingerprint density at radius 1 is 1.19 bits per heavy atom. The second kappa shape index (κ2) is 11.1. The molecule has 0 fully saturated rings. The molecule has 21 heavy (non-hydrogen) atoms. The van der Waals surface area contributed by atoms with E-state index in [-0.39, 0.29) is 0 Å². The summed E-state index contributed by atoms with van der Waals surface area (Å²) in [6, 6.07) is 9.50. The van der Waals surface area contributed by atoms with E-state index in [4.69, 9.17) is 0 Å². The number of unbranched alkanes of at least 4 members (excludes halogenated alkanes) is 1. The zero-order chi connectivity index (χ0) is 15.5. The van der Waals surface area contributed by atoms with Crippen molar-refractivity contribution in [3.63, 3.8) is 0 Å². The summed E-state index contributed by atoms with van der Waals surface area (Å²) in [5.41, 5.74) is 1.36. The standard InChI is InChI=1S/C19H33NS/c1-5-8-11-17(6-2)14-18(20-7-3)15-21-19-12-9-10-16(4)13-19/h9-10,12-13,17-18,20H,5-8,11,14-15H2,1-4H3. The van der Waals surface area contributed by atoms with Gasteiger partial charge in [-0.25, -0.2) is 0 Å². The molecule has 2 unspecified atom stereocenters. The molecule has 0 saturated heterocycles. The van der Waals surface area contributed by atoms with E-state index in [1.165, 1.54) is 48.3 Å². The molecule has 0 aromatic heterocycles. The number of hydrogen-bond donors (Lipinski definition) is 1. The number of thioether (sulfide) groups is 1. The molecule has 0 radical (unpaired) electrons. The molecule has 2 atom stereocenters. The molecule has 0 spiro atoms. The van der Waals surface area contributed by atoms with Crippen LogP contribution in [0, 0.1) is 12.8 Å². The van der Waals surface area contributed by atoms with Crippen LogP contribution in [0.4, 0.5) is 0 Å². The Morgan fingerprint density at radius 2 is 2.00 bits per heavy atom. The molecule has 0 aliphatic heterocycles. The SMILES string of the molecule is CCCCC(CC)CC(CSc1cccc(C)c1)NCC. The monoisotopic (exact) mass is 307 g/mol. The first kappa shape index (κ1) is 18.6. The largest absolute Gasteiger partial charge is 0.313 e. The third-order valence-electron chi connectivity index (χ3n) is 4.09. The lowest BCUT2D eigenvalue weighted by Gasteiger charge is -2.23. The molecule has 120 valence electrons. The maximum Gasteiger partial charge on any atom is 0.0164 e. The molecule has 1 nitrogen and oxygen atoms in total. The van der Waals surface area contributed by atoms with E-state index in [1.54, 1.807) is 0 Å². The summed E-state index contributed by atoms with van der Waals surface area (Å²) in [7, 11) is 0. The van der Waals surface area contributed by atoms with Crippen LogP contribution in [0.1, 0.15) is 58.4 Å². The van der Waals surface area contributed by atoms with Crippen LogP contribution in [0.3, 0.4) is 0 Å². The first-order valence-electron chi connectivity index (χ1n) is 8.62. The van der Waals surface area contributed by atoms with Crippen molar-refractivity contribution in [1.82, 2.24) is 5.32 Å². The van der Waals surface area contributed by atoms with Crippen molar-refractivity contribution in [2.24, 2.45) is 5.92 Å². The average Bonchev–Trinajstić information content (AvgIpc) is 2.49. The molecule has 0 aliphatic rings. The highest BCUT2D eigenvalue weighted by molar-refractivity contribution is 7.99. The number of benzene rings is 1. The molecule has 0 aliphatic carbocycles. The molecule has 1 aromatic rings. The quantitative estimate of drug-likeness (QED) is 0.528. The molecule has 2 heteroatoms. The van der Waals surface area contributed by atoms with Gasteiger partial charge in [-0.3, -0.25) is 0 Å². The van der Waals surface area contributed by atoms with Crippen LogP contribution in [0.25, 0.3) is 0 Å². The highest BCUT2D eigenvalue weighted by atomic mass is 32.2. The van der Waals surface area contributed by atoms with Gasteiger partial charge in [-0.2, -0.15) is 0 Å². The average molecular weight is 308 g/mol. The van der Waals surface area contributed by atoms with Crippen molar-refractivity contribution < 1.29 is 0 Å². The summed E-state index contributed by atoms with van der Waals surface area (Å²) >= 11 is 2.00. The lowest BCUT2D eigenvalue weighted by molar-refractivity contribution is 0.368. The van der Waals surface area contributed by atoms with Crippen LogP contribution in [0.15, 0.2) is 29.2 Å². The number of nitrogens with one attached hydrogen (secondary N) is 1. The van der Waals surface area contributed by atoms with Gasteiger partial charge in [0.05, 0.1) is 0 Å². The van der Waals surface area contributed by atoms with Gasteiger partial charge >= 0.3 is 0 Å². The van der Waals surface area contributed by atoms with Gasteiger partial charge in [0, 0.05) is 16.7 Å². The zero-order valence-corrected chi connectivity index (χ0v) is 15.1. The van der Waals surface area contributed by atoms with Crippen LogP contribution in [-0.4, -0.2) is 18.3 Å². The minimum absolute atomic E-state index is 0.641. The Hall–Kier alpha value is -0.470. The van der Waals surface area contributed by atoms with Crippen LogP contribution in [-0.2, 0) is 0 Å². The summed E-state index contributed by atoms with van der Waals surface area (Å²) in [6.45, 7) is 10.1. The third kappa shape index (κ3) is 7.92. The summed E-state index contributed by atoms with van der Waals surface area (Å²) < 4.78 is 0. The third-order valence-corrected chi connectivity index (χ3v) is 5.25. The first-order valence-corrected chi connectivity index (χ1v) is 9.60. The highest BCUT2D eigenvalue weighted by Crippen LogP contribution is 2.24. The smallest absolute Gasteiger partial charge is 0.0164 e. The fourth-order valence-corrected chi connectivity index (χ4v) is 3.88. The Morgan fingerprint density at radius 3 is 2.62 bits per heavy atom. The van der Waals surface area contributed by atoms with Crippen LogP contribution in [0.5, 0.6) is 0 Å². The lowest BCUT2D eigenvalue weighted by atomic mass is 9.92. The second-order valence-corrected chi connectivity index (χ2v) is 7.13. The first-order chi connectivity index (χ1) is 10.2. The summed E-state index contributed by atoms with van der Waals surface area (Å²) in [5.74, 6) is 2.06. The van der Waals surface area contributed by atoms with E-state index in [9.17, 15) is 0 Å². The zero-order valence-electron chi connectivity index (χ0n) is 14.3. The van der Waals surface area contributed by atoms with Gasteiger partial charge < -0.3 is 5.32 Å². The van der Waals surface area contributed by atoms with E-state index in [2.05, 4.69) is 57.3 Å². The van der Waals surface area contributed by atoms with E-state index in [0.29, 0.717) is 6.04 Å². The second-order valence-electron chi connectivity index (χ2n) is 6.03. The van der Waals surface area contributed by atoms with Crippen molar-refractivity contribution in [3.05, 3.63) is 29.8 Å². The fraction of sp³-hybridized carbons (Fsp3) is 0.684. The Kier molecular flexibility index (Phi) is 9.86. The van der Waals surface area contributed by atoms with Crippen molar-refractivity contribution >= 4 is 11.8 Å². The number of hydrogen-bond acceptors (Lipinski definition) is 2. The topological polar surface area (TPSA) is 12.0 Å². The van der Waals surface area contributed by atoms with Crippen molar-refractivity contribution in [3.8, 4) is 0 Å². The molecule has 1 N–H and O–H groups in total. The lowest BCUT2D eigenvalue weighted by Crippen LogP contribution is -2.33. The molecule has 0 amide bonds. The summed E-state index contributed by atoms with van der Waals surface area (Å²) in [6.07, 6.45) is 6.73. The van der Waals surface area contributed by atoms with Gasteiger partial charge in [-0.15, -0.1) is 11.8 Å². The normalized spacial score (nSPS) is 14.1. The Bertz CT molecular complexity index is 378. The van der Waals surface area contributed by atoms with Gasteiger partial charge in [0.25, 0.3) is 0 Å². The minimum atomic E-state index is 0.641. The van der Waals surface area contributed by atoms with Crippen molar-refractivity contribution in [1.29, 1.82) is 0 Å². The predicted octanol–water partition coefficient (Wildman–Crippen LogP) is 5.67.